The maximum atomic E-state index is 11.9. The van der Waals surface area contributed by atoms with Crippen LogP contribution in [-0.2, 0) is 4.79 Å². The van der Waals surface area contributed by atoms with E-state index in [1.807, 2.05) is 6.92 Å². The first-order chi connectivity index (χ1) is 9.06. The van der Waals surface area contributed by atoms with Crippen molar-refractivity contribution in [3.05, 3.63) is 35.7 Å². The standard InChI is InChI=1S/C12H13N5O2/c1-7-3-4-9(5-10(7)15-8(2)18)11(19)16-12-13-6-14-17-12/h3-6H,1-2H3,(H,15,18)(H2,13,14,16,17,19). The van der Waals surface area contributed by atoms with E-state index < -0.39 is 0 Å². The van der Waals surface area contributed by atoms with Gasteiger partial charge in [0, 0.05) is 18.2 Å². The summed E-state index contributed by atoms with van der Waals surface area (Å²) in [6.45, 7) is 3.27. The normalized spacial score (nSPS) is 10.0. The quantitative estimate of drug-likeness (QED) is 0.774. The SMILES string of the molecule is CC(=O)Nc1cc(C(=O)Nc2ncn[nH]2)ccc1C. The molecule has 0 spiro atoms. The van der Waals surface area contributed by atoms with Crippen molar-refractivity contribution in [1.82, 2.24) is 15.2 Å². The van der Waals surface area contributed by atoms with Gasteiger partial charge >= 0.3 is 0 Å². The number of rotatable bonds is 3. The molecule has 0 radical (unpaired) electrons. The Kier molecular flexibility index (Phi) is 3.56. The van der Waals surface area contributed by atoms with Gasteiger partial charge < -0.3 is 5.32 Å². The van der Waals surface area contributed by atoms with E-state index in [1.165, 1.54) is 13.3 Å². The van der Waals surface area contributed by atoms with E-state index in [-0.39, 0.29) is 17.8 Å². The zero-order valence-corrected chi connectivity index (χ0v) is 10.5. The summed E-state index contributed by atoms with van der Waals surface area (Å²) < 4.78 is 0. The van der Waals surface area contributed by atoms with Crippen LogP contribution in [0.15, 0.2) is 24.5 Å². The molecule has 7 heteroatoms. The Hall–Kier alpha value is -2.70. The lowest BCUT2D eigenvalue weighted by molar-refractivity contribution is -0.114. The van der Waals surface area contributed by atoms with Gasteiger partial charge in [-0.25, -0.2) is 5.10 Å². The number of anilines is 2. The van der Waals surface area contributed by atoms with Crippen LogP contribution in [0.2, 0.25) is 0 Å². The van der Waals surface area contributed by atoms with Crippen LogP contribution in [-0.4, -0.2) is 27.0 Å². The van der Waals surface area contributed by atoms with Crippen molar-refractivity contribution in [2.75, 3.05) is 10.6 Å². The second-order valence-electron chi connectivity index (χ2n) is 4.00. The zero-order chi connectivity index (χ0) is 13.8. The highest BCUT2D eigenvalue weighted by atomic mass is 16.2. The smallest absolute Gasteiger partial charge is 0.258 e. The molecule has 1 heterocycles. The molecule has 0 unspecified atom stereocenters. The third-order valence-electron chi connectivity index (χ3n) is 2.46. The van der Waals surface area contributed by atoms with Gasteiger partial charge in [-0.2, -0.15) is 10.1 Å². The van der Waals surface area contributed by atoms with Gasteiger partial charge in [-0.05, 0) is 24.6 Å². The summed E-state index contributed by atoms with van der Waals surface area (Å²) in [5, 5.41) is 11.4. The Balaban J connectivity index is 2.20. The molecule has 0 atom stereocenters. The lowest BCUT2D eigenvalue weighted by Gasteiger charge is -2.08. The van der Waals surface area contributed by atoms with Crippen molar-refractivity contribution in [2.45, 2.75) is 13.8 Å². The molecule has 1 aromatic carbocycles. The number of benzene rings is 1. The number of aromatic amines is 1. The van der Waals surface area contributed by atoms with Crippen LogP contribution in [0.25, 0.3) is 0 Å². The predicted octanol–water partition coefficient (Wildman–Crippen LogP) is 1.32. The van der Waals surface area contributed by atoms with Gasteiger partial charge in [-0.15, -0.1) is 0 Å². The molecular formula is C12H13N5O2. The molecule has 3 N–H and O–H groups in total. The van der Waals surface area contributed by atoms with E-state index in [9.17, 15) is 9.59 Å². The summed E-state index contributed by atoms with van der Waals surface area (Å²) in [7, 11) is 0. The summed E-state index contributed by atoms with van der Waals surface area (Å²) in [6, 6.07) is 5.05. The number of nitrogens with one attached hydrogen (secondary N) is 3. The number of aryl methyl sites for hydroxylation is 1. The number of hydrogen-bond donors (Lipinski definition) is 3. The Morgan fingerprint density at radius 2 is 2.05 bits per heavy atom. The van der Waals surface area contributed by atoms with Crippen LogP contribution >= 0.6 is 0 Å². The van der Waals surface area contributed by atoms with Crippen LogP contribution in [0.3, 0.4) is 0 Å². The van der Waals surface area contributed by atoms with Gasteiger partial charge in [0.15, 0.2) is 0 Å². The number of amides is 2. The number of carbonyl (C=O) groups excluding carboxylic acids is 2. The van der Waals surface area contributed by atoms with Crippen molar-refractivity contribution in [3.8, 4) is 0 Å². The van der Waals surface area contributed by atoms with E-state index in [2.05, 4.69) is 25.8 Å². The Labute approximate surface area is 109 Å². The maximum Gasteiger partial charge on any atom is 0.258 e. The molecule has 19 heavy (non-hydrogen) atoms. The van der Waals surface area contributed by atoms with E-state index in [1.54, 1.807) is 18.2 Å². The van der Waals surface area contributed by atoms with E-state index in [0.29, 0.717) is 11.3 Å². The van der Waals surface area contributed by atoms with E-state index >= 15 is 0 Å². The number of nitrogens with zero attached hydrogens (tertiary/aromatic N) is 2. The Bertz CT molecular complexity index is 607. The molecule has 98 valence electrons. The average Bonchev–Trinajstić information content (AvgIpc) is 2.84. The number of H-pyrrole nitrogens is 1. The predicted molar refractivity (Wildman–Crippen MR) is 69.8 cm³/mol. The van der Waals surface area contributed by atoms with Gasteiger partial charge in [0.2, 0.25) is 11.9 Å². The van der Waals surface area contributed by atoms with Gasteiger partial charge in [-0.1, -0.05) is 6.07 Å². The van der Waals surface area contributed by atoms with Crippen molar-refractivity contribution in [1.29, 1.82) is 0 Å². The lowest BCUT2D eigenvalue weighted by atomic mass is 10.1. The largest absolute Gasteiger partial charge is 0.326 e. The van der Waals surface area contributed by atoms with Crippen LogP contribution in [0.4, 0.5) is 11.6 Å². The summed E-state index contributed by atoms with van der Waals surface area (Å²) in [5.74, 6) is -0.245. The fourth-order valence-corrected chi connectivity index (χ4v) is 1.53. The number of aromatic nitrogens is 3. The first kappa shape index (κ1) is 12.7. The minimum Gasteiger partial charge on any atom is -0.326 e. The summed E-state index contributed by atoms with van der Waals surface area (Å²) in [6.07, 6.45) is 1.30. The summed E-state index contributed by atoms with van der Waals surface area (Å²) in [5.41, 5.74) is 1.91. The average molecular weight is 259 g/mol. The fraction of sp³-hybridized carbons (Fsp3) is 0.167. The molecule has 2 rings (SSSR count). The maximum absolute atomic E-state index is 11.9. The third kappa shape index (κ3) is 3.15. The fourth-order valence-electron chi connectivity index (χ4n) is 1.53. The van der Waals surface area contributed by atoms with Crippen LogP contribution in [0, 0.1) is 6.92 Å². The Morgan fingerprint density at radius 3 is 2.68 bits per heavy atom. The van der Waals surface area contributed by atoms with E-state index in [4.69, 9.17) is 0 Å². The second kappa shape index (κ2) is 5.30. The van der Waals surface area contributed by atoms with Gasteiger partial charge in [0.25, 0.3) is 5.91 Å². The number of carbonyl (C=O) groups is 2. The highest BCUT2D eigenvalue weighted by molar-refractivity contribution is 6.04. The van der Waals surface area contributed by atoms with Gasteiger partial charge in [0.05, 0.1) is 0 Å². The van der Waals surface area contributed by atoms with Crippen molar-refractivity contribution in [3.63, 3.8) is 0 Å². The third-order valence-corrected chi connectivity index (χ3v) is 2.46. The van der Waals surface area contributed by atoms with Crippen molar-refractivity contribution in [2.24, 2.45) is 0 Å². The monoisotopic (exact) mass is 259 g/mol. The highest BCUT2D eigenvalue weighted by Crippen LogP contribution is 2.17. The Morgan fingerprint density at radius 1 is 1.26 bits per heavy atom. The molecule has 0 saturated heterocycles. The molecule has 0 fully saturated rings. The minimum absolute atomic E-state index is 0.184. The molecule has 2 amide bonds. The molecule has 0 bridgehead atoms. The van der Waals surface area contributed by atoms with Crippen LogP contribution in [0.1, 0.15) is 22.8 Å². The molecule has 0 aliphatic rings. The molecule has 7 nitrogen and oxygen atoms in total. The van der Waals surface area contributed by atoms with Crippen molar-refractivity contribution < 1.29 is 9.59 Å². The molecule has 0 saturated carbocycles. The first-order valence-corrected chi connectivity index (χ1v) is 5.61. The second-order valence-corrected chi connectivity index (χ2v) is 4.00. The van der Waals surface area contributed by atoms with Crippen molar-refractivity contribution >= 4 is 23.5 Å². The zero-order valence-electron chi connectivity index (χ0n) is 10.5. The van der Waals surface area contributed by atoms with Gasteiger partial charge in [-0.3, -0.25) is 14.9 Å². The first-order valence-electron chi connectivity index (χ1n) is 5.61. The summed E-state index contributed by atoms with van der Waals surface area (Å²) >= 11 is 0. The molecule has 2 aromatic rings. The highest BCUT2D eigenvalue weighted by Gasteiger charge is 2.10. The molecule has 0 aliphatic carbocycles. The van der Waals surface area contributed by atoms with Crippen LogP contribution in [0.5, 0.6) is 0 Å². The lowest BCUT2D eigenvalue weighted by Crippen LogP contribution is -2.14. The minimum atomic E-state index is -0.330. The topological polar surface area (TPSA) is 99.8 Å². The molecular weight excluding hydrogens is 246 g/mol. The molecule has 0 aliphatic heterocycles. The van der Waals surface area contributed by atoms with E-state index in [0.717, 1.165) is 5.56 Å². The van der Waals surface area contributed by atoms with Crippen LogP contribution < -0.4 is 10.6 Å². The van der Waals surface area contributed by atoms with Gasteiger partial charge in [0.1, 0.15) is 6.33 Å². The molecule has 1 aromatic heterocycles. The summed E-state index contributed by atoms with van der Waals surface area (Å²) in [4.78, 5) is 26.8. The number of hydrogen-bond acceptors (Lipinski definition) is 4.